The summed E-state index contributed by atoms with van der Waals surface area (Å²) in [4.78, 5) is 0. The summed E-state index contributed by atoms with van der Waals surface area (Å²) in [5.41, 5.74) is 2.26. The summed E-state index contributed by atoms with van der Waals surface area (Å²) in [6, 6.07) is 21.4. The van der Waals surface area contributed by atoms with Crippen molar-refractivity contribution in [2.75, 3.05) is 0 Å². The van der Waals surface area contributed by atoms with Gasteiger partial charge < -0.3 is 5.11 Å². The van der Waals surface area contributed by atoms with Crippen LogP contribution in [-0.2, 0) is 0 Å². The van der Waals surface area contributed by atoms with Crippen LogP contribution < -0.4 is 10.4 Å². The maximum Gasteiger partial charge on any atom is 0.108 e. The molecule has 2 nitrogen and oxygen atoms in total. The lowest BCUT2D eigenvalue weighted by Crippen LogP contribution is -2.52. The van der Waals surface area contributed by atoms with Gasteiger partial charge in [0.25, 0.3) is 0 Å². The Morgan fingerprint density at radius 2 is 1.72 bits per heavy atom. The monoisotopic (exact) mass is 347 g/mol. The molecule has 3 atom stereocenters. The second kappa shape index (κ2) is 6.99. The molecule has 1 aliphatic rings. The fourth-order valence-corrected chi connectivity index (χ4v) is 7.87. The van der Waals surface area contributed by atoms with Crippen LogP contribution in [0.1, 0.15) is 38.7 Å². The molecular weight excluding hydrogens is 322 g/mol. The van der Waals surface area contributed by atoms with E-state index in [2.05, 4.69) is 75.4 Å². The maximum atomic E-state index is 10.4. The minimum absolute atomic E-state index is 0.0306. The number of nitriles is 1. The van der Waals surface area contributed by atoms with Gasteiger partial charge in [0.2, 0.25) is 0 Å². The summed E-state index contributed by atoms with van der Waals surface area (Å²) in [5.74, 6) is -0.0306. The number of benzene rings is 2. The Balaban J connectivity index is 2.13. The SMILES string of the molecule is CC(C)(C)[SiH](c1ccccc1)c1ccccc1C1/C(=C/C#N)CC1O. The smallest absolute Gasteiger partial charge is 0.108 e. The molecular formula is C22H25NOSi. The zero-order chi connectivity index (χ0) is 18.0. The van der Waals surface area contributed by atoms with Crippen molar-refractivity contribution in [3.05, 3.63) is 71.8 Å². The molecule has 0 heterocycles. The van der Waals surface area contributed by atoms with Crippen molar-refractivity contribution in [2.24, 2.45) is 0 Å². The van der Waals surface area contributed by atoms with Crippen LogP contribution >= 0.6 is 0 Å². The molecule has 1 aliphatic carbocycles. The van der Waals surface area contributed by atoms with Crippen LogP contribution in [0.4, 0.5) is 0 Å². The summed E-state index contributed by atoms with van der Waals surface area (Å²) in [5, 5.41) is 22.4. The first-order chi connectivity index (χ1) is 11.9. The third kappa shape index (κ3) is 3.46. The van der Waals surface area contributed by atoms with Crippen molar-refractivity contribution in [1.82, 2.24) is 0 Å². The molecule has 3 heteroatoms. The van der Waals surface area contributed by atoms with Gasteiger partial charge in [0.15, 0.2) is 0 Å². The molecule has 25 heavy (non-hydrogen) atoms. The van der Waals surface area contributed by atoms with Crippen LogP contribution in [0.25, 0.3) is 0 Å². The first-order valence-electron chi connectivity index (χ1n) is 8.84. The van der Waals surface area contributed by atoms with E-state index in [1.54, 1.807) is 6.08 Å². The zero-order valence-corrected chi connectivity index (χ0v) is 16.3. The summed E-state index contributed by atoms with van der Waals surface area (Å²) in [6.45, 7) is 6.95. The lowest BCUT2D eigenvalue weighted by atomic mass is 9.72. The van der Waals surface area contributed by atoms with Gasteiger partial charge in [-0.3, -0.25) is 0 Å². The van der Waals surface area contributed by atoms with Gasteiger partial charge in [-0.05, 0) is 22.6 Å². The molecule has 3 unspecified atom stereocenters. The van der Waals surface area contributed by atoms with Crippen molar-refractivity contribution < 1.29 is 5.11 Å². The summed E-state index contributed by atoms with van der Waals surface area (Å²) in [6.07, 6.45) is 1.84. The topological polar surface area (TPSA) is 44.0 Å². The Labute approximate surface area is 152 Å². The molecule has 1 fully saturated rings. The normalized spacial score (nSPS) is 22.9. The van der Waals surface area contributed by atoms with E-state index in [9.17, 15) is 5.11 Å². The largest absolute Gasteiger partial charge is 0.392 e. The number of allylic oxidation sites excluding steroid dienone is 1. The summed E-state index contributed by atoms with van der Waals surface area (Å²) >= 11 is 0. The molecule has 1 saturated carbocycles. The second-order valence-electron chi connectivity index (χ2n) is 7.94. The van der Waals surface area contributed by atoms with Crippen LogP contribution in [0.3, 0.4) is 0 Å². The van der Waals surface area contributed by atoms with Gasteiger partial charge in [0.05, 0.1) is 12.2 Å². The van der Waals surface area contributed by atoms with Crippen molar-refractivity contribution in [3.8, 4) is 6.07 Å². The number of rotatable bonds is 3. The van der Waals surface area contributed by atoms with E-state index >= 15 is 0 Å². The average molecular weight is 348 g/mol. The number of nitrogens with zero attached hydrogens (tertiary/aromatic N) is 1. The standard InChI is InChI=1S/C22H25NOSi/c1-22(2,3)25(17-9-5-4-6-10-17)20-12-8-7-11-18(20)21-16(13-14-23)15-19(21)24/h4-13,19,21,24-25H,15H2,1-3H3/b16-13+. The van der Waals surface area contributed by atoms with Crippen LogP contribution in [0.2, 0.25) is 5.04 Å². The van der Waals surface area contributed by atoms with E-state index in [0.717, 1.165) is 5.57 Å². The number of hydrogen-bond donors (Lipinski definition) is 1. The molecule has 2 aromatic rings. The molecule has 1 N–H and O–H groups in total. The van der Waals surface area contributed by atoms with Crippen LogP contribution in [-0.4, -0.2) is 20.0 Å². The Kier molecular flexibility index (Phi) is 4.94. The van der Waals surface area contributed by atoms with Crippen LogP contribution in [0.5, 0.6) is 0 Å². The highest BCUT2D eigenvalue weighted by atomic mass is 28.3. The molecule has 0 spiro atoms. The van der Waals surface area contributed by atoms with E-state index in [0.29, 0.717) is 6.42 Å². The van der Waals surface area contributed by atoms with Crippen LogP contribution in [0.15, 0.2) is 66.2 Å². The minimum atomic E-state index is -1.51. The van der Waals surface area contributed by atoms with Gasteiger partial charge in [-0.25, -0.2) is 0 Å². The Bertz CT molecular complexity index is 814. The van der Waals surface area contributed by atoms with Crippen molar-refractivity contribution in [2.45, 2.75) is 44.3 Å². The molecule has 0 amide bonds. The van der Waals surface area contributed by atoms with E-state index in [-0.39, 0.29) is 17.1 Å². The van der Waals surface area contributed by atoms with E-state index in [1.807, 2.05) is 6.07 Å². The molecule has 0 aromatic heterocycles. The van der Waals surface area contributed by atoms with Gasteiger partial charge in [-0.2, -0.15) is 5.26 Å². The highest BCUT2D eigenvalue weighted by Gasteiger charge is 2.40. The van der Waals surface area contributed by atoms with Crippen molar-refractivity contribution >= 4 is 19.2 Å². The van der Waals surface area contributed by atoms with E-state index in [4.69, 9.17) is 5.26 Å². The highest BCUT2D eigenvalue weighted by Crippen LogP contribution is 2.42. The summed E-state index contributed by atoms with van der Waals surface area (Å²) < 4.78 is 0. The van der Waals surface area contributed by atoms with Gasteiger partial charge in [0.1, 0.15) is 8.80 Å². The van der Waals surface area contributed by atoms with Gasteiger partial charge in [-0.1, -0.05) is 85.7 Å². The van der Waals surface area contributed by atoms with E-state index in [1.165, 1.54) is 15.9 Å². The fraction of sp³-hybridized carbons (Fsp3) is 0.318. The van der Waals surface area contributed by atoms with Gasteiger partial charge >= 0.3 is 0 Å². The first kappa shape index (κ1) is 17.7. The van der Waals surface area contributed by atoms with Gasteiger partial charge in [0, 0.05) is 12.0 Å². The number of hydrogen-bond acceptors (Lipinski definition) is 2. The fourth-order valence-electron chi connectivity index (χ4n) is 4.06. The first-order valence-corrected chi connectivity index (χ1v) is 10.6. The third-order valence-corrected chi connectivity index (χ3v) is 9.05. The quantitative estimate of drug-likeness (QED) is 0.685. The average Bonchev–Trinajstić information content (AvgIpc) is 2.56. The molecule has 0 bridgehead atoms. The third-order valence-electron chi connectivity index (χ3n) is 5.12. The minimum Gasteiger partial charge on any atom is -0.392 e. The van der Waals surface area contributed by atoms with Crippen LogP contribution in [0, 0.1) is 11.3 Å². The molecule has 3 rings (SSSR count). The number of aliphatic hydroxyl groups is 1. The Hall–Kier alpha value is -2.15. The lowest BCUT2D eigenvalue weighted by molar-refractivity contribution is 0.111. The van der Waals surface area contributed by atoms with Gasteiger partial charge in [-0.15, -0.1) is 0 Å². The number of aliphatic hydroxyl groups excluding tert-OH is 1. The second-order valence-corrected chi connectivity index (χ2v) is 11.8. The highest BCUT2D eigenvalue weighted by molar-refractivity contribution is 6.87. The lowest BCUT2D eigenvalue weighted by Gasteiger charge is -2.40. The Morgan fingerprint density at radius 3 is 2.32 bits per heavy atom. The predicted molar refractivity (Wildman–Crippen MR) is 106 cm³/mol. The predicted octanol–water partition coefficient (Wildman–Crippen LogP) is 3.13. The van der Waals surface area contributed by atoms with Crippen molar-refractivity contribution in [1.29, 1.82) is 5.26 Å². The molecule has 0 radical (unpaired) electrons. The molecule has 2 aromatic carbocycles. The molecule has 128 valence electrons. The maximum absolute atomic E-state index is 10.4. The summed E-state index contributed by atoms with van der Waals surface area (Å²) in [7, 11) is -1.51. The molecule has 0 saturated heterocycles. The zero-order valence-electron chi connectivity index (χ0n) is 15.1. The van der Waals surface area contributed by atoms with E-state index < -0.39 is 8.80 Å². The molecule has 0 aliphatic heterocycles. The van der Waals surface area contributed by atoms with Crippen molar-refractivity contribution in [3.63, 3.8) is 0 Å². The Morgan fingerprint density at radius 1 is 1.08 bits per heavy atom.